The van der Waals surface area contributed by atoms with Crippen molar-refractivity contribution in [2.45, 2.75) is 11.6 Å². The number of rotatable bonds is 10. The lowest BCUT2D eigenvalue weighted by Crippen LogP contribution is -2.30. The van der Waals surface area contributed by atoms with E-state index in [0.29, 0.717) is 17.5 Å². The van der Waals surface area contributed by atoms with Crippen molar-refractivity contribution in [3.8, 4) is 17.1 Å². The molecule has 3 aromatic carbocycles. The van der Waals surface area contributed by atoms with Crippen molar-refractivity contribution in [1.82, 2.24) is 20.1 Å². The van der Waals surface area contributed by atoms with Crippen LogP contribution < -0.4 is 5.32 Å². The number of carbonyl (C=O) groups excluding carboxylic acids is 2. The smallest absolute Gasteiger partial charge is 0.316 e. The largest absolute Gasteiger partial charge is 0.455 e. The fourth-order valence-electron chi connectivity index (χ4n) is 3.30. The van der Waals surface area contributed by atoms with Crippen LogP contribution in [0.5, 0.6) is 0 Å². The van der Waals surface area contributed by atoms with E-state index in [4.69, 9.17) is 4.74 Å². The molecular weight excluding hydrogens is 448 g/mol. The van der Waals surface area contributed by atoms with Gasteiger partial charge in [-0.1, -0.05) is 90.6 Å². The Morgan fingerprint density at radius 2 is 1.50 bits per heavy atom. The number of hydrogen-bond acceptors (Lipinski definition) is 6. The van der Waals surface area contributed by atoms with Crippen molar-refractivity contribution in [1.29, 1.82) is 0 Å². The van der Waals surface area contributed by atoms with Gasteiger partial charge >= 0.3 is 5.97 Å². The highest BCUT2D eigenvalue weighted by Gasteiger charge is 2.17. The summed E-state index contributed by atoms with van der Waals surface area (Å²) in [6, 6.07) is 29.3. The Kier molecular flexibility index (Phi) is 8.08. The third-order valence-corrected chi connectivity index (χ3v) is 5.84. The molecule has 0 spiro atoms. The minimum atomic E-state index is -0.493. The van der Waals surface area contributed by atoms with Crippen LogP contribution in [0.1, 0.15) is 5.56 Å². The zero-order valence-electron chi connectivity index (χ0n) is 18.5. The number of ether oxygens (including phenoxy) is 1. The average Bonchev–Trinajstić information content (AvgIpc) is 3.32. The molecule has 0 fully saturated rings. The highest BCUT2D eigenvalue weighted by Crippen LogP contribution is 2.27. The summed E-state index contributed by atoms with van der Waals surface area (Å²) in [6.07, 6.45) is 0.718. The second-order valence-electron chi connectivity index (χ2n) is 7.38. The van der Waals surface area contributed by atoms with Gasteiger partial charge in [0.2, 0.25) is 0 Å². The Morgan fingerprint density at radius 3 is 2.21 bits per heavy atom. The van der Waals surface area contributed by atoms with Gasteiger partial charge in [-0.25, -0.2) is 0 Å². The summed E-state index contributed by atoms with van der Waals surface area (Å²) in [7, 11) is 0. The fourth-order valence-corrected chi connectivity index (χ4v) is 4.05. The van der Waals surface area contributed by atoms with Crippen LogP contribution in [0.15, 0.2) is 96.2 Å². The molecule has 172 valence electrons. The van der Waals surface area contributed by atoms with Crippen molar-refractivity contribution >= 4 is 23.6 Å². The summed E-state index contributed by atoms with van der Waals surface area (Å²) in [6.45, 7) is 0.173. The van der Waals surface area contributed by atoms with Crippen LogP contribution in [0.25, 0.3) is 17.1 Å². The van der Waals surface area contributed by atoms with E-state index in [1.807, 2.05) is 95.6 Å². The minimum Gasteiger partial charge on any atom is -0.455 e. The lowest BCUT2D eigenvalue weighted by Gasteiger charge is -2.10. The number of benzene rings is 3. The molecule has 0 aliphatic carbocycles. The maximum Gasteiger partial charge on any atom is 0.316 e. The number of nitrogens with zero attached hydrogens (tertiary/aromatic N) is 3. The van der Waals surface area contributed by atoms with Crippen LogP contribution in [0.2, 0.25) is 0 Å². The first-order chi connectivity index (χ1) is 16.7. The van der Waals surface area contributed by atoms with Gasteiger partial charge in [-0.2, -0.15) is 0 Å². The van der Waals surface area contributed by atoms with Crippen LogP contribution in [0, 0.1) is 0 Å². The second kappa shape index (κ2) is 11.8. The third-order valence-electron chi connectivity index (χ3n) is 4.94. The Bertz CT molecular complexity index is 1210. The molecule has 0 bridgehead atoms. The van der Waals surface area contributed by atoms with Crippen LogP contribution >= 0.6 is 11.8 Å². The molecule has 0 radical (unpaired) electrons. The molecule has 0 unspecified atom stereocenters. The standard InChI is InChI=1S/C26H24N4O3S/c31-23(27-17-16-20-10-4-1-5-11-20)18-33-24(32)19-34-26-29-28-25(21-12-6-2-7-13-21)30(26)22-14-8-3-9-15-22/h1-15H,16-19H2,(H,27,31). The van der Waals surface area contributed by atoms with E-state index in [1.54, 1.807) is 0 Å². The van der Waals surface area contributed by atoms with E-state index in [2.05, 4.69) is 15.5 Å². The van der Waals surface area contributed by atoms with Crippen molar-refractivity contribution in [2.75, 3.05) is 18.9 Å². The normalized spacial score (nSPS) is 10.6. The van der Waals surface area contributed by atoms with Crippen molar-refractivity contribution < 1.29 is 14.3 Å². The Morgan fingerprint density at radius 1 is 0.853 bits per heavy atom. The van der Waals surface area contributed by atoms with Crippen molar-refractivity contribution in [3.05, 3.63) is 96.6 Å². The monoisotopic (exact) mass is 472 g/mol. The number of carbonyl (C=O) groups is 2. The van der Waals surface area contributed by atoms with Crippen molar-refractivity contribution in [3.63, 3.8) is 0 Å². The molecule has 1 heterocycles. The topological polar surface area (TPSA) is 86.1 Å². The second-order valence-corrected chi connectivity index (χ2v) is 8.32. The molecule has 1 amide bonds. The predicted molar refractivity (Wildman–Crippen MR) is 132 cm³/mol. The summed E-state index contributed by atoms with van der Waals surface area (Å²) in [5.74, 6) is -0.127. The summed E-state index contributed by atoms with van der Waals surface area (Å²) in [5, 5.41) is 12.0. The Hall–Kier alpha value is -3.91. The highest BCUT2D eigenvalue weighted by atomic mass is 32.2. The first-order valence-corrected chi connectivity index (χ1v) is 11.8. The molecular formula is C26H24N4O3S. The summed E-state index contributed by atoms with van der Waals surface area (Å²) >= 11 is 1.22. The van der Waals surface area contributed by atoms with E-state index >= 15 is 0 Å². The molecule has 0 aliphatic heterocycles. The summed E-state index contributed by atoms with van der Waals surface area (Å²) < 4.78 is 7.04. The van der Waals surface area contributed by atoms with E-state index in [-0.39, 0.29) is 18.3 Å². The number of nitrogens with one attached hydrogen (secondary N) is 1. The van der Waals surface area contributed by atoms with Gasteiger partial charge < -0.3 is 10.1 Å². The molecule has 7 nitrogen and oxygen atoms in total. The number of amides is 1. The van der Waals surface area contributed by atoms with Crippen LogP contribution in [-0.4, -0.2) is 45.5 Å². The lowest BCUT2D eigenvalue weighted by molar-refractivity contribution is -0.145. The van der Waals surface area contributed by atoms with Gasteiger partial charge in [-0.15, -0.1) is 10.2 Å². The quantitative estimate of drug-likeness (QED) is 0.278. The van der Waals surface area contributed by atoms with E-state index in [1.165, 1.54) is 11.8 Å². The van der Waals surface area contributed by atoms with E-state index in [9.17, 15) is 9.59 Å². The number of aromatic nitrogens is 3. The number of hydrogen-bond donors (Lipinski definition) is 1. The molecule has 4 aromatic rings. The molecule has 1 N–H and O–H groups in total. The predicted octanol–water partition coefficient (Wildman–Crippen LogP) is 3.93. The zero-order valence-corrected chi connectivity index (χ0v) is 19.3. The van der Waals surface area contributed by atoms with Gasteiger partial charge in [0.05, 0.1) is 5.75 Å². The molecule has 34 heavy (non-hydrogen) atoms. The molecule has 0 saturated carbocycles. The third kappa shape index (κ3) is 6.32. The first kappa shape index (κ1) is 23.3. The lowest BCUT2D eigenvalue weighted by atomic mass is 10.1. The average molecular weight is 473 g/mol. The van der Waals surface area contributed by atoms with Crippen LogP contribution in [0.3, 0.4) is 0 Å². The molecule has 1 aromatic heterocycles. The molecule has 0 saturated heterocycles. The fraction of sp³-hybridized carbons (Fsp3) is 0.154. The number of esters is 1. The van der Waals surface area contributed by atoms with Crippen LogP contribution in [-0.2, 0) is 20.7 Å². The highest BCUT2D eigenvalue weighted by molar-refractivity contribution is 7.99. The van der Waals surface area contributed by atoms with Gasteiger partial charge in [0, 0.05) is 17.8 Å². The van der Waals surface area contributed by atoms with Gasteiger partial charge in [-0.3, -0.25) is 14.2 Å². The molecule has 0 atom stereocenters. The molecule has 0 aliphatic rings. The number of para-hydroxylation sites is 1. The van der Waals surface area contributed by atoms with Gasteiger partial charge in [0.25, 0.3) is 5.91 Å². The zero-order chi connectivity index (χ0) is 23.6. The van der Waals surface area contributed by atoms with Gasteiger partial charge in [-0.05, 0) is 24.1 Å². The molecule has 4 rings (SSSR count). The Balaban J connectivity index is 1.32. The molecule has 8 heteroatoms. The minimum absolute atomic E-state index is 0.0110. The summed E-state index contributed by atoms with van der Waals surface area (Å²) in [5.41, 5.74) is 2.94. The Labute approximate surface area is 202 Å². The number of thioether (sulfide) groups is 1. The van der Waals surface area contributed by atoms with Crippen LogP contribution in [0.4, 0.5) is 0 Å². The SMILES string of the molecule is O=C(COC(=O)CSc1nnc(-c2ccccc2)n1-c1ccccc1)NCCc1ccccc1. The first-order valence-electron chi connectivity index (χ1n) is 10.9. The van der Waals surface area contributed by atoms with Gasteiger partial charge in [0.15, 0.2) is 17.6 Å². The van der Waals surface area contributed by atoms with E-state index < -0.39 is 5.97 Å². The van der Waals surface area contributed by atoms with Crippen molar-refractivity contribution in [2.24, 2.45) is 0 Å². The maximum absolute atomic E-state index is 12.3. The maximum atomic E-state index is 12.3. The van der Waals surface area contributed by atoms with Gasteiger partial charge in [0.1, 0.15) is 0 Å². The summed E-state index contributed by atoms with van der Waals surface area (Å²) in [4.78, 5) is 24.2. The van der Waals surface area contributed by atoms with E-state index in [0.717, 1.165) is 23.2 Å².